The summed E-state index contributed by atoms with van der Waals surface area (Å²) in [5.41, 5.74) is 1.11. The number of aromatic nitrogens is 2. The number of benzene rings is 3. The van der Waals surface area contributed by atoms with Crippen LogP contribution in [-0.4, -0.2) is 26.7 Å². The van der Waals surface area contributed by atoms with Gasteiger partial charge in [-0.2, -0.15) is 5.10 Å². The molecule has 3 aromatic carbocycles. The Morgan fingerprint density at radius 3 is 1.74 bits per heavy atom. The number of hydrogen-bond acceptors (Lipinski definition) is 4. The Bertz CT molecular complexity index is 1220. The van der Waals surface area contributed by atoms with E-state index in [1.165, 1.54) is 6.20 Å². The lowest BCUT2D eigenvalue weighted by molar-refractivity contribution is -0.385. The van der Waals surface area contributed by atoms with Gasteiger partial charge in [-0.15, -0.1) is 0 Å². The molecular formula is C28H26N4O3. The molecule has 35 heavy (non-hydrogen) atoms. The van der Waals surface area contributed by atoms with Gasteiger partial charge in [0.15, 0.2) is 0 Å². The lowest BCUT2D eigenvalue weighted by Gasteiger charge is -2.36. The highest BCUT2D eigenvalue weighted by atomic mass is 16.6. The van der Waals surface area contributed by atoms with Crippen LogP contribution in [0.2, 0.25) is 0 Å². The fourth-order valence-electron chi connectivity index (χ4n) is 5.09. The Kier molecular flexibility index (Phi) is 6.14. The molecule has 0 spiro atoms. The van der Waals surface area contributed by atoms with E-state index in [1.54, 1.807) is 4.68 Å². The molecule has 1 aromatic heterocycles. The third-order valence-electron chi connectivity index (χ3n) is 6.72. The molecule has 0 saturated heterocycles. The SMILES string of the molecule is O=C(NC1CCCC1)c1nn(C(c2ccccc2)(c2ccccc2)c2ccccc2)cc1[N+](=O)[O-]. The van der Waals surface area contributed by atoms with Crippen molar-refractivity contribution in [1.82, 2.24) is 15.1 Å². The molecular weight excluding hydrogens is 440 g/mol. The van der Waals surface area contributed by atoms with E-state index in [0.717, 1.165) is 42.4 Å². The van der Waals surface area contributed by atoms with Crippen LogP contribution in [0, 0.1) is 10.1 Å². The van der Waals surface area contributed by atoms with E-state index in [0.29, 0.717) is 0 Å². The van der Waals surface area contributed by atoms with E-state index >= 15 is 0 Å². The zero-order valence-electron chi connectivity index (χ0n) is 19.2. The number of nitrogens with one attached hydrogen (secondary N) is 1. The van der Waals surface area contributed by atoms with E-state index in [4.69, 9.17) is 0 Å². The first kappa shape index (κ1) is 22.5. The van der Waals surface area contributed by atoms with E-state index in [1.807, 2.05) is 91.0 Å². The quantitative estimate of drug-likeness (QED) is 0.227. The second kappa shape index (κ2) is 9.54. The fraction of sp³-hybridized carbons (Fsp3) is 0.214. The maximum absolute atomic E-state index is 13.2. The van der Waals surface area contributed by atoms with Crippen LogP contribution < -0.4 is 5.32 Å². The molecule has 1 aliphatic rings. The largest absolute Gasteiger partial charge is 0.348 e. The van der Waals surface area contributed by atoms with Gasteiger partial charge in [-0.3, -0.25) is 14.9 Å². The number of carbonyl (C=O) groups excluding carboxylic acids is 1. The summed E-state index contributed by atoms with van der Waals surface area (Å²) in [6.45, 7) is 0. The molecule has 0 bridgehead atoms. The lowest BCUT2D eigenvalue weighted by Crippen LogP contribution is -2.39. The van der Waals surface area contributed by atoms with E-state index < -0.39 is 16.4 Å². The van der Waals surface area contributed by atoms with Crippen molar-refractivity contribution in [2.45, 2.75) is 37.3 Å². The van der Waals surface area contributed by atoms with Crippen molar-refractivity contribution in [3.63, 3.8) is 0 Å². The summed E-state index contributed by atoms with van der Waals surface area (Å²) in [6, 6.07) is 29.3. The predicted octanol–water partition coefficient (Wildman–Crippen LogP) is 5.30. The summed E-state index contributed by atoms with van der Waals surface area (Å²) < 4.78 is 1.58. The molecule has 176 valence electrons. The smallest absolute Gasteiger partial charge is 0.320 e. The molecule has 0 atom stereocenters. The van der Waals surface area contributed by atoms with Crippen LogP contribution in [0.5, 0.6) is 0 Å². The molecule has 1 fully saturated rings. The number of nitro groups is 1. The molecule has 0 unspecified atom stereocenters. The number of carbonyl (C=O) groups is 1. The number of hydrogen-bond donors (Lipinski definition) is 1. The molecule has 5 rings (SSSR count). The summed E-state index contributed by atoms with van der Waals surface area (Å²) in [5.74, 6) is -0.509. The van der Waals surface area contributed by atoms with E-state index in [9.17, 15) is 14.9 Å². The maximum atomic E-state index is 13.2. The molecule has 1 amide bonds. The fourth-order valence-corrected chi connectivity index (χ4v) is 5.09. The maximum Gasteiger partial charge on any atom is 0.320 e. The molecule has 1 heterocycles. The number of nitrogens with zero attached hydrogens (tertiary/aromatic N) is 3. The summed E-state index contributed by atoms with van der Waals surface area (Å²) >= 11 is 0. The van der Waals surface area contributed by atoms with Crippen molar-refractivity contribution in [2.75, 3.05) is 0 Å². The molecule has 0 aliphatic heterocycles. The molecule has 7 heteroatoms. The van der Waals surface area contributed by atoms with Crippen LogP contribution in [0.3, 0.4) is 0 Å². The highest BCUT2D eigenvalue weighted by Gasteiger charge is 2.42. The van der Waals surface area contributed by atoms with Gasteiger partial charge in [0.1, 0.15) is 11.7 Å². The molecule has 4 aromatic rings. The Labute approximate surface area is 203 Å². The van der Waals surface area contributed by atoms with Crippen molar-refractivity contribution in [1.29, 1.82) is 0 Å². The first-order chi connectivity index (χ1) is 17.1. The Hall–Kier alpha value is -4.26. The third-order valence-corrected chi connectivity index (χ3v) is 6.72. The first-order valence-electron chi connectivity index (χ1n) is 11.8. The second-order valence-corrected chi connectivity index (χ2v) is 8.83. The van der Waals surface area contributed by atoms with Crippen LogP contribution in [-0.2, 0) is 5.54 Å². The normalized spacial score (nSPS) is 14.1. The average molecular weight is 467 g/mol. The van der Waals surface area contributed by atoms with Gasteiger partial charge in [-0.25, -0.2) is 4.68 Å². The summed E-state index contributed by atoms with van der Waals surface area (Å²) in [5, 5.41) is 19.7. The van der Waals surface area contributed by atoms with Gasteiger partial charge in [0.05, 0.1) is 4.92 Å². The summed E-state index contributed by atoms with van der Waals surface area (Å²) in [6.07, 6.45) is 5.22. The number of rotatable bonds is 7. The van der Waals surface area contributed by atoms with Gasteiger partial charge >= 0.3 is 5.69 Å². The van der Waals surface area contributed by atoms with Crippen molar-refractivity contribution in [3.8, 4) is 0 Å². The molecule has 1 N–H and O–H groups in total. The molecule has 1 saturated carbocycles. The van der Waals surface area contributed by atoms with Gasteiger partial charge in [0, 0.05) is 6.04 Å². The van der Waals surface area contributed by atoms with Gasteiger partial charge in [-0.1, -0.05) is 104 Å². The zero-order chi connectivity index (χ0) is 24.3. The monoisotopic (exact) mass is 466 g/mol. The van der Waals surface area contributed by atoms with Gasteiger partial charge < -0.3 is 5.32 Å². The minimum Gasteiger partial charge on any atom is -0.348 e. The highest BCUT2D eigenvalue weighted by Crippen LogP contribution is 2.41. The van der Waals surface area contributed by atoms with Crippen LogP contribution >= 0.6 is 0 Å². The van der Waals surface area contributed by atoms with Gasteiger partial charge in [0.25, 0.3) is 5.91 Å². The summed E-state index contributed by atoms with van der Waals surface area (Å²) in [4.78, 5) is 24.7. The average Bonchev–Trinajstić information content (AvgIpc) is 3.57. The van der Waals surface area contributed by atoms with Crippen LogP contribution in [0.25, 0.3) is 0 Å². The Morgan fingerprint density at radius 1 is 0.857 bits per heavy atom. The minimum atomic E-state index is -1.03. The predicted molar refractivity (Wildman–Crippen MR) is 133 cm³/mol. The van der Waals surface area contributed by atoms with Crippen molar-refractivity contribution in [2.24, 2.45) is 0 Å². The van der Waals surface area contributed by atoms with Crippen LogP contribution in [0.1, 0.15) is 52.9 Å². The van der Waals surface area contributed by atoms with Crippen molar-refractivity contribution < 1.29 is 9.72 Å². The molecule has 1 aliphatic carbocycles. The first-order valence-corrected chi connectivity index (χ1v) is 11.8. The van der Waals surface area contributed by atoms with Crippen molar-refractivity contribution >= 4 is 11.6 Å². The molecule has 0 radical (unpaired) electrons. The third kappa shape index (κ3) is 4.10. The summed E-state index contributed by atoms with van der Waals surface area (Å²) in [7, 11) is 0. The zero-order valence-corrected chi connectivity index (χ0v) is 19.2. The lowest BCUT2D eigenvalue weighted by atomic mass is 9.77. The van der Waals surface area contributed by atoms with E-state index in [-0.39, 0.29) is 17.4 Å². The van der Waals surface area contributed by atoms with E-state index in [2.05, 4.69) is 10.4 Å². The Balaban J connectivity index is 1.76. The topological polar surface area (TPSA) is 90.1 Å². The minimum absolute atomic E-state index is 0.0226. The second-order valence-electron chi connectivity index (χ2n) is 8.83. The Morgan fingerprint density at radius 2 is 1.31 bits per heavy atom. The highest BCUT2D eigenvalue weighted by molar-refractivity contribution is 5.96. The van der Waals surface area contributed by atoms with Gasteiger partial charge in [0.2, 0.25) is 5.69 Å². The number of amides is 1. The van der Waals surface area contributed by atoms with Crippen LogP contribution in [0.4, 0.5) is 5.69 Å². The molecule has 7 nitrogen and oxygen atoms in total. The van der Waals surface area contributed by atoms with Crippen molar-refractivity contribution in [3.05, 3.63) is 130 Å². The van der Waals surface area contributed by atoms with Gasteiger partial charge in [-0.05, 0) is 29.5 Å². The standard InChI is InChI=1S/C28H26N4O3/c33-27(29-24-18-10-11-19-24)26-25(32(34)35)20-31(30-26)28(21-12-4-1-5-13-21,22-14-6-2-7-15-22)23-16-8-3-9-17-23/h1-9,12-17,20,24H,10-11,18-19H2,(H,29,33). The van der Waals surface area contributed by atoms with Crippen LogP contribution in [0.15, 0.2) is 97.2 Å².